The number of allylic oxidation sites excluding steroid dienone is 2. The van der Waals surface area contributed by atoms with Crippen LogP contribution < -0.4 is 4.90 Å². The number of hydrogen-bond donors (Lipinski definition) is 0. The van der Waals surface area contributed by atoms with E-state index in [9.17, 15) is 0 Å². The van der Waals surface area contributed by atoms with Crippen LogP contribution in [0.3, 0.4) is 0 Å². The van der Waals surface area contributed by atoms with E-state index in [1.807, 2.05) is 6.08 Å². The van der Waals surface area contributed by atoms with Gasteiger partial charge in [-0.15, -0.1) is 0 Å². The molecule has 1 saturated heterocycles. The maximum Gasteiger partial charge on any atom is 0.0622 e. The second kappa shape index (κ2) is 5.79. The predicted molar refractivity (Wildman–Crippen MR) is 85.8 cm³/mol. The second-order valence-corrected chi connectivity index (χ2v) is 5.13. The molecule has 100 valence electrons. The Labute approximate surface area is 120 Å². The van der Waals surface area contributed by atoms with Crippen molar-refractivity contribution in [2.75, 3.05) is 11.4 Å². The van der Waals surface area contributed by atoms with Crippen LogP contribution in [-0.2, 0) is 0 Å². The van der Waals surface area contributed by atoms with Crippen LogP contribution in [0, 0.1) is 5.92 Å². The Kier molecular flexibility index (Phi) is 3.69. The minimum Gasteiger partial charge on any atom is -0.363 e. The molecule has 0 bridgehead atoms. The van der Waals surface area contributed by atoms with Gasteiger partial charge in [0.15, 0.2) is 0 Å². The number of para-hydroxylation sites is 1. The maximum atomic E-state index is 3.77. The van der Waals surface area contributed by atoms with Crippen molar-refractivity contribution in [1.82, 2.24) is 0 Å². The van der Waals surface area contributed by atoms with Crippen LogP contribution in [0.5, 0.6) is 0 Å². The maximum absolute atomic E-state index is 3.77. The molecule has 0 radical (unpaired) electrons. The lowest BCUT2D eigenvalue weighted by atomic mass is 9.82. The van der Waals surface area contributed by atoms with Gasteiger partial charge in [-0.3, -0.25) is 0 Å². The zero-order chi connectivity index (χ0) is 13.8. The first kappa shape index (κ1) is 12.7. The van der Waals surface area contributed by atoms with E-state index in [0.717, 1.165) is 6.54 Å². The summed E-state index contributed by atoms with van der Waals surface area (Å²) in [6.45, 7) is 4.83. The number of rotatable bonds is 4. The third kappa shape index (κ3) is 2.39. The third-order valence-electron chi connectivity index (χ3n) is 3.87. The Morgan fingerprint density at radius 3 is 2.25 bits per heavy atom. The van der Waals surface area contributed by atoms with Crippen LogP contribution in [-0.4, -0.2) is 6.54 Å². The monoisotopic (exact) mass is 261 g/mol. The number of hydrogen-bond acceptors (Lipinski definition) is 1. The van der Waals surface area contributed by atoms with Crippen molar-refractivity contribution in [3.8, 4) is 0 Å². The van der Waals surface area contributed by atoms with E-state index in [1.165, 1.54) is 11.3 Å². The molecule has 0 unspecified atom stereocenters. The first-order valence-corrected chi connectivity index (χ1v) is 7.06. The molecule has 0 amide bonds. The van der Waals surface area contributed by atoms with Crippen molar-refractivity contribution >= 4 is 5.69 Å². The van der Waals surface area contributed by atoms with Crippen molar-refractivity contribution in [1.29, 1.82) is 0 Å². The zero-order valence-corrected chi connectivity index (χ0v) is 11.5. The molecule has 0 spiro atoms. The first-order chi connectivity index (χ1) is 9.90. The summed E-state index contributed by atoms with van der Waals surface area (Å²) < 4.78 is 0. The fourth-order valence-electron chi connectivity index (χ4n) is 2.88. The molecular formula is C19H19N. The molecule has 0 saturated carbocycles. The van der Waals surface area contributed by atoms with E-state index in [-0.39, 0.29) is 0 Å². The molecule has 3 rings (SSSR count). The number of nitrogens with zero attached hydrogens (tertiary/aromatic N) is 1. The standard InChI is InChI=1S/C19H19N/c1-2-3-10-17-15-20(18-13-8-5-9-14-18)19(17)16-11-6-4-7-12-16/h2-14,17,19H,1,15H2/b10-3+/t17-,19+/m0/s1. The van der Waals surface area contributed by atoms with E-state index in [0.29, 0.717) is 12.0 Å². The van der Waals surface area contributed by atoms with Crippen molar-refractivity contribution in [3.05, 3.63) is 91.0 Å². The zero-order valence-electron chi connectivity index (χ0n) is 11.5. The average molecular weight is 261 g/mol. The molecule has 0 aromatic heterocycles. The molecule has 2 atom stereocenters. The number of anilines is 1. The third-order valence-corrected chi connectivity index (χ3v) is 3.87. The number of benzene rings is 2. The summed E-state index contributed by atoms with van der Waals surface area (Å²) in [6.07, 6.45) is 6.18. The summed E-state index contributed by atoms with van der Waals surface area (Å²) >= 11 is 0. The summed E-state index contributed by atoms with van der Waals surface area (Å²) in [4.78, 5) is 2.47. The quantitative estimate of drug-likeness (QED) is 0.727. The fourth-order valence-corrected chi connectivity index (χ4v) is 2.88. The normalized spacial score (nSPS) is 21.7. The lowest BCUT2D eigenvalue weighted by Gasteiger charge is -2.49. The Bertz CT molecular complexity index is 586. The van der Waals surface area contributed by atoms with Crippen molar-refractivity contribution in [3.63, 3.8) is 0 Å². The van der Waals surface area contributed by atoms with Gasteiger partial charge >= 0.3 is 0 Å². The van der Waals surface area contributed by atoms with Gasteiger partial charge in [0.25, 0.3) is 0 Å². The van der Waals surface area contributed by atoms with Crippen LogP contribution in [0.4, 0.5) is 5.69 Å². The van der Waals surface area contributed by atoms with Crippen LogP contribution in [0.1, 0.15) is 11.6 Å². The summed E-state index contributed by atoms with van der Waals surface area (Å²) in [5, 5.41) is 0. The van der Waals surface area contributed by atoms with Crippen LogP contribution >= 0.6 is 0 Å². The van der Waals surface area contributed by atoms with E-state index in [1.54, 1.807) is 0 Å². The Morgan fingerprint density at radius 2 is 1.60 bits per heavy atom. The highest BCUT2D eigenvalue weighted by Gasteiger charge is 2.38. The molecule has 1 aliphatic rings. The Hall–Kier alpha value is -2.28. The van der Waals surface area contributed by atoms with Crippen LogP contribution in [0.2, 0.25) is 0 Å². The molecule has 1 heterocycles. The molecule has 1 aliphatic heterocycles. The van der Waals surface area contributed by atoms with Gasteiger partial charge in [0.05, 0.1) is 6.04 Å². The molecule has 1 nitrogen and oxygen atoms in total. The van der Waals surface area contributed by atoms with E-state index >= 15 is 0 Å². The summed E-state index contributed by atoms with van der Waals surface area (Å²) in [6, 6.07) is 21.8. The van der Waals surface area contributed by atoms with Gasteiger partial charge in [0.2, 0.25) is 0 Å². The highest BCUT2D eigenvalue weighted by Crippen LogP contribution is 2.42. The van der Waals surface area contributed by atoms with Crippen molar-refractivity contribution < 1.29 is 0 Å². The average Bonchev–Trinajstić information content (AvgIpc) is 2.48. The molecular weight excluding hydrogens is 242 g/mol. The lowest BCUT2D eigenvalue weighted by Crippen LogP contribution is -2.49. The van der Waals surface area contributed by atoms with Gasteiger partial charge in [-0.05, 0) is 17.7 Å². The second-order valence-electron chi connectivity index (χ2n) is 5.13. The Morgan fingerprint density at radius 1 is 0.950 bits per heavy atom. The highest BCUT2D eigenvalue weighted by atomic mass is 15.2. The molecule has 20 heavy (non-hydrogen) atoms. The Balaban J connectivity index is 1.89. The van der Waals surface area contributed by atoms with Crippen LogP contribution in [0.25, 0.3) is 0 Å². The van der Waals surface area contributed by atoms with E-state index in [4.69, 9.17) is 0 Å². The summed E-state index contributed by atoms with van der Waals surface area (Å²) in [5.41, 5.74) is 2.67. The molecule has 2 aromatic carbocycles. The van der Waals surface area contributed by atoms with Crippen molar-refractivity contribution in [2.45, 2.75) is 6.04 Å². The van der Waals surface area contributed by atoms with Gasteiger partial charge in [-0.25, -0.2) is 0 Å². The summed E-state index contributed by atoms with van der Waals surface area (Å²) in [5.74, 6) is 0.551. The van der Waals surface area contributed by atoms with Gasteiger partial charge in [-0.2, -0.15) is 0 Å². The van der Waals surface area contributed by atoms with Gasteiger partial charge in [-0.1, -0.05) is 73.3 Å². The largest absolute Gasteiger partial charge is 0.363 e. The summed E-state index contributed by atoms with van der Waals surface area (Å²) in [7, 11) is 0. The molecule has 1 fully saturated rings. The fraction of sp³-hybridized carbons (Fsp3) is 0.158. The lowest BCUT2D eigenvalue weighted by molar-refractivity contribution is 0.362. The minimum absolute atomic E-state index is 0.426. The topological polar surface area (TPSA) is 3.24 Å². The molecule has 0 N–H and O–H groups in total. The van der Waals surface area contributed by atoms with Crippen molar-refractivity contribution in [2.24, 2.45) is 5.92 Å². The van der Waals surface area contributed by atoms with Crippen LogP contribution in [0.15, 0.2) is 85.5 Å². The molecule has 0 aliphatic carbocycles. The predicted octanol–water partition coefficient (Wildman–Crippen LogP) is 4.61. The smallest absolute Gasteiger partial charge is 0.0622 e. The van der Waals surface area contributed by atoms with Gasteiger partial charge < -0.3 is 4.90 Å². The molecule has 1 heteroatoms. The first-order valence-electron chi connectivity index (χ1n) is 7.06. The minimum atomic E-state index is 0.426. The van der Waals surface area contributed by atoms with E-state index in [2.05, 4.69) is 84.3 Å². The van der Waals surface area contributed by atoms with Gasteiger partial charge in [0.1, 0.15) is 0 Å². The molecule has 2 aromatic rings. The van der Waals surface area contributed by atoms with Gasteiger partial charge in [0, 0.05) is 18.2 Å². The SMILES string of the molecule is C=C/C=C/[C@H]1CN(c2ccccc2)[C@@H]1c1ccccc1. The van der Waals surface area contributed by atoms with E-state index < -0.39 is 0 Å². The highest BCUT2D eigenvalue weighted by molar-refractivity contribution is 5.53.